The van der Waals surface area contributed by atoms with Crippen LogP contribution in [0.25, 0.3) is 0 Å². The standard InChI is InChI=1S/C15H15F2N5O2/c1-21-9(8-18-20-21)7-13(23)19-12-5-6-22(15(12)24)14-10(16)3-2-4-11(14)17/h2-4,8,12H,5-7H2,1H3,(H,19,23). The fourth-order valence-electron chi connectivity index (χ4n) is 2.66. The molecule has 0 radical (unpaired) electrons. The maximum Gasteiger partial charge on any atom is 0.249 e. The number of nitrogens with zero attached hydrogens (tertiary/aromatic N) is 4. The first-order chi connectivity index (χ1) is 11.5. The number of benzene rings is 1. The number of amides is 2. The van der Waals surface area contributed by atoms with E-state index in [1.54, 1.807) is 7.05 Å². The van der Waals surface area contributed by atoms with E-state index in [2.05, 4.69) is 15.6 Å². The van der Waals surface area contributed by atoms with Gasteiger partial charge in [-0.15, -0.1) is 5.10 Å². The van der Waals surface area contributed by atoms with Gasteiger partial charge >= 0.3 is 0 Å². The minimum Gasteiger partial charge on any atom is -0.344 e. The lowest BCUT2D eigenvalue weighted by Crippen LogP contribution is -2.42. The van der Waals surface area contributed by atoms with Gasteiger partial charge in [-0.05, 0) is 18.6 Å². The van der Waals surface area contributed by atoms with Gasteiger partial charge in [0.1, 0.15) is 23.4 Å². The van der Waals surface area contributed by atoms with Gasteiger partial charge in [0, 0.05) is 13.6 Å². The molecule has 1 atom stereocenters. The molecule has 1 N–H and O–H groups in total. The Labute approximate surface area is 136 Å². The highest BCUT2D eigenvalue weighted by Gasteiger charge is 2.36. The summed E-state index contributed by atoms with van der Waals surface area (Å²) < 4.78 is 29.1. The summed E-state index contributed by atoms with van der Waals surface area (Å²) in [5.41, 5.74) is 0.213. The van der Waals surface area contributed by atoms with Gasteiger partial charge in [-0.25, -0.2) is 8.78 Å². The van der Waals surface area contributed by atoms with E-state index in [4.69, 9.17) is 0 Å². The fourth-order valence-corrected chi connectivity index (χ4v) is 2.66. The zero-order valence-corrected chi connectivity index (χ0v) is 12.9. The Hall–Kier alpha value is -2.84. The molecule has 0 saturated carbocycles. The Balaban J connectivity index is 1.68. The van der Waals surface area contributed by atoms with Crippen molar-refractivity contribution in [2.45, 2.75) is 18.9 Å². The molecular formula is C15H15F2N5O2. The number of halogens is 2. The quantitative estimate of drug-likeness (QED) is 0.885. The van der Waals surface area contributed by atoms with Gasteiger partial charge in [0.05, 0.1) is 18.3 Å². The Kier molecular flexibility index (Phi) is 4.24. The summed E-state index contributed by atoms with van der Waals surface area (Å²) in [6.07, 6.45) is 1.75. The van der Waals surface area contributed by atoms with Crippen LogP contribution in [0.1, 0.15) is 12.1 Å². The van der Waals surface area contributed by atoms with Crippen LogP contribution in [0.2, 0.25) is 0 Å². The number of rotatable bonds is 4. The molecule has 1 aliphatic rings. The van der Waals surface area contributed by atoms with E-state index >= 15 is 0 Å². The summed E-state index contributed by atoms with van der Waals surface area (Å²) in [6, 6.07) is 2.60. The van der Waals surface area contributed by atoms with Crippen LogP contribution >= 0.6 is 0 Å². The van der Waals surface area contributed by atoms with Gasteiger partial charge in [-0.3, -0.25) is 14.3 Å². The molecule has 1 aromatic carbocycles. The van der Waals surface area contributed by atoms with Crippen molar-refractivity contribution in [3.63, 3.8) is 0 Å². The van der Waals surface area contributed by atoms with Crippen molar-refractivity contribution in [3.8, 4) is 0 Å². The van der Waals surface area contributed by atoms with Crippen molar-refractivity contribution in [1.82, 2.24) is 20.3 Å². The first-order valence-corrected chi connectivity index (χ1v) is 7.35. The third-order valence-electron chi connectivity index (χ3n) is 3.90. The third-order valence-corrected chi connectivity index (χ3v) is 3.90. The molecular weight excluding hydrogens is 320 g/mol. The van der Waals surface area contributed by atoms with E-state index in [0.29, 0.717) is 5.69 Å². The van der Waals surface area contributed by atoms with Crippen LogP contribution in [0.3, 0.4) is 0 Å². The summed E-state index contributed by atoms with van der Waals surface area (Å²) in [6.45, 7) is 0.134. The summed E-state index contributed by atoms with van der Waals surface area (Å²) in [5.74, 6) is -2.53. The molecule has 1 saturated heterocycles. The second kappa shape index (κ2) is 6.34. The van der Waals surface area contributed by atoms with Gasteiger partial charge in [-0.2, -0.15) is 0 Å². The van der Waals surface area contributed by atoms with Crippen LogP contribution in [-0.4, -0.2) is 39.4 Å². The molecule has 0 bridgehead atoms. The number of aromatic nitrogens is 3. The number of hydrogen-bond acceptors (Lipinski definition) is 4. The number of aryl methyl sites for hydroxylation is 1. The van der Waals surface area contributed by atoms with E-state index in [0.717, 1.165) is 17.0 Å². The van der Waals surface area contributed by atoms with Crippen LogP contribution in [-0.2, 0) is 23.1 Å². The van der Waals surface area contributed by atoms with E-state index < -0.39 is 23.6 Å². The maximum atomic E-state index is 13.8. The first kappa shape index (κ1) is 16.0. The number of carbonyl (C=O) groups excluding carboxylic acids is 2. The van der Waals surface area contributed by atoms with E-state index in [9.17, 15) is 18.4 Å². The molecule has 1 aromatic heterocycles. The largest absolute Gasteiger partial charge is 0.344 e. The Morgan fingerprint density at radius 3 is 2.71 bits per heavy atom. The number of para-hydroxylation sites is 1. The van der Waals surface area contributed by atoms with E-state index in [1.165, 1.54) is 16.9 Å². The Bertz CT molecular complexity index is 772. The van der Waals surface area contributed by atoms with Gasteiger partial charge in [0.2, 0.25) is 11.8 Å². The second-order valence-corrected chi connectivity index (χ2v) is 5.49. The van der Waals surface area contributed by atoms with Crippen molar-refractivity contribution in [1.29, 1.82) is 0 Å². The Morgan fingerprint density at radius 2 is 2.08 bits per heavy atom. The SMILES string of the molecule is Cn1nncc1CC(=O)NC1CCN(c2c(F)cccc2F)C1=O. The first-order valence-electron chi connectivity index (χ1n) is 7.35. The third kappa shape index (κ3) is 2.97. The van der Waals surface area contributed by atoms with Crippen LogP contribution in [0, 0.1) is 11.6 Å². The molecule has 126 valence electrons. The minimum absolute atomic E-state index is 0.0152. The van der Waals surface area contributed by atoms with Gasteiger partial charge in [0.15, 0.2) is 0 Å². The predicted molar refractivity (Wildman–Crippen MR) is 80.0 cm³/mol. The maximum absolute atomic E-state index is 13.8. The molecule has 1 fully saturated rings. The van der Waals surface area contributed by atoms with Crippen LogP contribution < -0.4 is 10.2 Å². The minimum atomic E-state index is -0.809. The lowest BCUT2D eigenvalue weighted by atomic mass is 10.2. The van der Waals surface area contributed by atoms with Gasteiger partial charge in [-0.1, -0.05) is 11.3 Å². The zero-order chi connectivity index (χ0) is 17.3. The van der Waals surface area contributed by atoms with Gasteiger partial charge in [0.25, 0.3) is 0 Å². The van der Waals surface area contributed by atoms with Gasteiger partial charge < -0.3 is 10.2 Å². The van der Waals surface area contributed by atoms with Crippen LogP contribution in [0.4, 0.5) is 14.5 Å². The molecule has 24 heavy (non-hydrogen) atoms. The van der Waals surface area contributed by atoms with Crippen molar-refractivity contribution in [2.75, 3.05) is 11.4 Å². The molecule has 7 nitrogen and oxygen atoms in total. The number of anilines is 1. The molecule has 1 aliphatic heterocycles. The second-order valence-electron chi connectivity index (χ2n) is 5.49. The van der Waals surface area contributed by atoms with Crippen molar-refractivity contribution in [3.05, 3.63) is 41.7 Å². The normalized spacial score (nSPS) is 17.4. The molecule has 9 heteroatoms. The lowest BCUT2D eigenvalue weighted by Gasteiger charge is -2.18. The highest BCUT2D eigenvalue weighted by Crippen LogP contribution is 2.27. The van der Waals surface area contributed by atoms with E-state index in [1.807, 2.05) is 0 Å². The average Bonchev–Trinajstić information content (AvgIpc) is 3.08. The topological polar surface area (TPSA) is 80.1 Å². The number of hydrogen-bond donors (Lipinski definition) is 1. The summed E-state index contributed by atoms with van der Waals surface area (Å²) >= 11 is 0. The molecule has 1 unspecified atom stereocenters. The summed E-state index contributed by atoms with van der Waals surface area (Å²) in [4.78, 5) is 25.4. The zero-order valence-electron chi connectivity index (χ0n) is 12.9. The van der Waals surface area contributed by atoms with Crippen LogP contribution in [0.15, 0.2) is 24.4 Å². The molecule has 2 heterocycles. The van der Waals surface area contributed by atoms with Crippen molar-refractivity contribution >= 4 is 17.5 Å². The van der Waals surface area contributed by atoms with Crippen molar-refractivity contribution < 1.29 is 18.4 Å². The number of nitrogens with one attached hydrogen (secondary N) is 1. The highest BCUT2D eigenvalue weighted by atomic mass is 19.1. The smallest absolute Gasteiger partial charge is 0.249 e. The molecule has 3 rings (SSSR count). The molecule has 0 spiro atoms. The lowest BCUT2D eigenvalue weighted by molar-refractivity contribution is -0.126. The van der Waals surface area contributed by atoms with Crippen molar-refractivity contribution in [2.24, 2.45) is 7.05 Å². The monoisotopic (exact) mass is 335 g/mol. The molecule has 2 aromatic rings. The fraction of sp³-hybridized carbons (Fsp3) is 0.333. The molecule has 0 aliphatic carbocycles. The summed E-state index contributed by atoms with van der Waals surface area (Å²) in [7, 11) is 1.65. The predicted octanol–water partition coefficient (Wildman–Crippen LogP) is 0.557. The van der Waals surface area contributed by atoms with Crippen LogP contribution in [0.5, 0.6) is 0 Å². The molecule has 2 amide bonds. The average molecular weight is 335 g/mol. The highest BCUT2D eigenvalue weighted by molar-refractivity contribution is 6.01. The van der Waals surface area contributed by atoms with E-state index in [-0.39, 0.29) is 31.0 Å². The summed E-state index contributed by atoms with van der Waals surface area (Å²) in [5, 5.41) is 9.97. The number of carbonyl (C=O) groups is 2. The Morgan fingerprint density at radius 1 is 1.38 bits per heavy atom.